The van der Waals surface area contributed by atoms with E-state index in [1.165, 1.54) is 14.9 Å². The minimum Gasteiger partial charge on any atom is -0.385 e. The van der Waals surface area contributed by atoms with E-state index < -0.39 is 0 Å². The first-order chi connectivity index (χ1) is 8.19. The first kappa shape index (κ1) is 15.0. The monoisotopic (exact) mass is 317 g/mol. The van der Waals surface area contributed by atoms with Gasteiger partial charge in [-0.25, -0.2) is 0 Å². The van der Waals surface area contributed by atoms with Crippen LogP contribution in [0.5, 0.6) is 0 Å². The lowest BCUT2D eigenvalue weighted by atomic mass is 10.1. The lowest BCUT2D eigenvalue weighted by Crippen LogP contribution is -2.12. The van der Waals surface area contributed by atoms with Crippen molar-refractivity contribution in [3.05, 3.63) is 28.2 Å². The Labute approximate surface area is 117 Å². The first-order valence-corrected chi connectivity index (χ1v) is 7.55. The van der Waals surface area contributed by atoms with Crippen LogP contribution in [0.2, 0.25) is 0 Å². The Morgan fingerprint density at radius 3 is 2.82 bits per heavy atom. The maximum atomic E-state index is 5.04. The van der Waals surface area contributed by atoms with E-state index in [9.17, 15) is 0 Å². The molecular formula is C13H20BrNOS. The summed E-state index contributed by atoms with van der Waals surface area (Å²) in [5, 5.41) is 3.25. The smallest absolute Gasteiger partial charge is 0.0470 e. The molecule has 1 atom stereocenters. The maximum absolute atomic E-state index is 5.04. The highest BCUT2D eigenvalue weighted by Gasteiger charge is 2.07. The standard InChI is InChI=1S/C13H20BrNOS/c1-10(15-2)12-6-5-11(9-13(12)14)17-8-4-7-16-3/h5-6,9-10,15H,4,7-8H2,1-3H3. The fraction of sp³-hybridized carbons (Fsp3) is 0.538. The van der Waals surface area contributed by atoms with Crippen molar-refractivity contribution in [2.75, 3.05) is 26.5 Å². The van der Waals surface area contributed by atoms with Crippen LogP contribution >= 0.6 is 27.7 Å². The van der Waals surface area contributed by atoms with Crippen molar-refractivity contribution >= 4 is 27.7 Å². The molecule has 1 rings (SSSR count). The van der Waals surface area contributed by atoms with Crippen molar-refractivity contribution in [3.63, 3.8) is 0 Å². The molecule has 0 spiro atoms. The van der Waals surface area contributed by atoms with E-state index in [-0.39, 0.29) is 0 Å². The maximum Gasteiger partial charge on any atom is 0.0470 e. The Bertz CT molecular complexity index is 346. The Hall–Kier alpha value is -0.0300. The topological polar surface area (TPSA) is 21.3 Å². The highest BCUT2D eigenvalue weighted by molar-refractivity contribution is 9.10. The van der Waals surface area contributed by atoms with Crippen molar-refractivity contribution in [3.8, 4) is 0 Å². The molecule has 17 heavy (non-hydrogen) atoms. The molecule has 0 heterocycles. The predicted molar refractivity (Wildman–Crippen MR) is 78.8 cm³/mol. The van der Waals surface area contributed by atoms with Crippen molar-refractivity contribution in [1.29, 1.82) is 0 Å². The molecule has 1 aromatic rings. The number of methoxy groups -OCH3 is 1. The molecule has 1 aromatic carbocycles. The summed E-state index contributed by atoms with van der Waals surface area (Å²) in [6.07, 6.45) is 1.09. The number of hydrogen-bond donors (Lipinski definition) is 1. The van der Waals surface area contributed by atoms with Gasteiger partial charge in [0.25, 0.3) is 0 Å². The summed E-state index contributed by atoms with van der Waals surface area (Å²) in [7, 11) is 3.72. The van der Waals surface area contributed by atoms with E-state index in [0.29, 0.717) is 6.04 Å². The highest BCUT2D eigenvalue weighted by Crippen LogP contribution is 2.29. The molecule has 0 amide bonds. The highest BCUT2D eigenvalue weighted by atomic mass is 79.9. The normalized spacial score (nSPS) is 12.7. The van der Waals surface area contributed by atoms with E-state index >= 15 is 0 Å². The van der Waals surface area contributed by atoms with Gasteiger partial charge in [0.1, 0.15) is 0 Å². The van der Waals surface area contributed by atoms with Gasteiger partial charge >= 0.3 is 0 Å². The summed E-state index contributed by atoms with van der Waals surface area (Å²) in [5.74, 6) is 1.10. The van der Waals surface area contributed by atoms with Gasteiger partial charge in [-0.2, -0.15) is 0 Å². The molecule has 4 heteroatoms. The predicted octanol–water partition coefficient (Wildman–Crippen LogP) is 3.86. The van der Waals surface area contributed by atoms with Gasteiger partial charge in [0.2, 0.25) is 0 Å². The Morgan fingerprint density at radius 2 is 2.24 bits per heavy atom. The minimum absolute atomic E-state index is 0.372. The van der Waals surface area contributed by atoms with Crippen LogP contribution in [0.4, 0.5) is 0 Å². The van der Waals surface area contributed by atoms with Crippen LogP contribution in [0.1, 0.15) is 24.9 Å². The fourth-order valence-electron chi connectivity index (χ4n) is 1.50. The van der Waals surface area contributed by atoms with E-state index in [2.05, 4.69) is 46.4 Å². The van der Waals surface area contributed by atoms with E-state index in [0.717, 1.165) is 18.8 Å². The van der Waals surface area contributed by atoms with E-state index in [1.54, 1.807) is 7.11 Å². The van der Waals surface area contributed by atoms with Gasteiger partial charge in [0, 0.05) is 34.9 Å². The molecule has 0 saturated carbocycles. The molecule has 0 aliphatic carbocycles. The Balaban J connectivity index is 2.56. The fourth-order valence-corrected chi connectivity index (χ4v) is 3.23. The van der Waals surface area contributed by atoms with E-state index in [4.69, 9.17) is 4.74 Å². The zero-order valence-electron chi connectivity index (χ0n) is 10.6. The Kier molecular flexibility index (Phi) is 7.19. The van der Waals surface area contributed by atoms with Gasteiger partial charge in [-0.15, -0.1) is 11.8 Å². The molecular weight excluding hydrogens is 298 g/mol. The summed E-state index contributed by atoms with van der Waals surface area (Å²) in [5.41, 5.74) is 1.30. The molecule has 0 aromatic heterocycles. The van der Waals surface area contributed by atoms with Crippen LogP contribution < -0.4 is 5.32 Å². The zero-order chi connectivity index (χ0) is 12.7. The SMILES string of the molecule is CNC(C)c1ccc(SCCCOC)cc1Br. The third-order valence-electron chi connectivity index (χ3n) is 2.63. The number of nitrogens with one attached hydrogen (secondary N) is 1. The second-order valence-electron chi connectivity index (χ2n) is 3.89. The molecule has 1 unspecified atom stereocenters. The number of hydrogen-bond acceptors (Lipinski definition) is 3. The summed E-state index contributed by atoms with van der Waals surface area (Å²) in [6.45, 7) is 2.99. The van der Waals surface area contributed by atoms with Gasteiger partial charge in [-0.1, -0.05) is 22.0 Å². The number of halogens is 1. The summed E-state index contributed by atoms with van der Waals surface area (Å²) in [6, 6.07) is 6.94. The van der Waals surface area contributed by atoms with Crippen LogP contribution in [0.25, 0.3) is 0 Å². The molecule has 0 radical (unpaired) electrons. The van der Waals surface area contributed by atoms with Gasteiger partial charge in [-0.05, 0) is 38.1 Å². The third kappa shape index (κ3) is 5.00. The van der Waals surface area contributed by atoms with Crippen LogP contribution in [0, 0.1) is 0 Å². The summed E-state index contributed by atoms with van der Waals surface area (Å²) < 4.78 is 6.21. The average Bonchev–Trinajstić information content (AvgIpc) is 2.34. The second-order valence-corrected chi connectivity index (χ2v) is 5.91. The van der Waals surface area contributed by atoms with Gasteiger partial charge in [-0.3, -0.25) is 0 Å². The van der Waals surface area contributed by atoms with Crippen molar-refractivity contribution in [2.24, 2.45) is 0 Å². The number of benzene rings is 1. The van der Waals surface area contributed by atoms with Crippen molar-refractivity contribution in [2.45, 2.75) is 24.3 Å². The minimum atomic E-state index is 0.372. The molecule has 1 N–H and O–H groups in total. The van der Waals surface area contributed by atoms with Crippen molar-refractivity contribution < 1.29 is 4.74 Å². The number of ether oxygens (including phenoxy) is 1. The van der Waals surface area contributed by atoms with Crippen LogP contribution in [-0.2, 0) is 4.74 Å². The summed E-state index contributed by atoms with van der Waals surface area (Å²) in [4.78, 5) is 1.31. The lowest BCUT2D eigenvalue weighted by Gasteiger charge is -2.13. The molecule has 0 fully saturated rings. The molecule has 0 saturated heterocycles. The zero-order valence-corrected chi connectivity index (χ0v) is 13.0. The molecule has 0 aliphatic heterocycles. The Morgan fingerprint density at radius 1 is 1.47 bits per heavy atom. The van der Waals surface area contributed by atoms with Crippen LogP contribution in [-0.4, -0.2) is 26.5 Å². The molecule has 2 nitrogen and oxygen atoms in total. The molecule has 0 aliphatic rings. The first-order valence-electron chi connectivity index (χ1n) is 5.77. The largest absolute Gasteiger partial charge is 0.385 e. The molecule has 0 bridgehead atoms. The van der Waals surface area contributed by atoms with Gasteiger partial charge in [0.05, 0.1) is 0 Å². The van der Waals surface area contributed by atoms with Crippen LogP contribution in [0.15, 0.2) is 27.6 Å². The third-order valence-corrected chi connectivity index (χ3v) is 4.40. The van der Waals surface area contributed by atoms with Crippen LogP contribution in [0.3, 0.4) is 0 Å². The van der Waals surface area contributed by atoms with Gasteiger partial charge in [0.15, 0.2) is 0 Å². The summed E-state index contributed by atoms with van der Waals surface area (Å²) >= 11 is 5.51. The van der Waals surface area contributed by atoms with E-state index in [1.807, 2.05) is 18.8 Å². The lowest BCUT2D eigenvalue weighted by molar-refractivity contribution is 0.200. The molecule has 96 valence electrons. The van der Waals surface area contributed by atoms with Gasteiger partial charge < -0.3 is 10.1 Å². The number of rotatable bonds is 7. The number of thioether (sulfide) groups is 1. The average molecular weight is 318 g/mol. The second kappa shape index (κ2) is 8.14. The quantitative estimate of drug-likeness (QED) is 0.609. The van der Waals surface area contributed by atoms with Crippen molar-refractivity contribution in [1.82, 2.24) is 5.32 Å².